The number of likely N-dealkylation sites (tertiary alicyclic amines) is 1. The minimum absolute atomic E-state index is 0.000377. The second-order valence-corrected chi connectivity index (χ2v) is 9.26. The van der Waals surface area contributed by atoms with E-state index in [-0.39, 0.29) is 17.9 Å². The molecule has 1 saturated heterocycles. The van der Waals surface area contributed by atoms with E-state index < -0.39 is 0 Å². The molecule has 186 valence electrons. The first kappa shape index (κ1) is 24.7. The zero-order valence-corrected chi connectivity index (χ0v) is 20.8. The number of hydrazone groups is 1. The van der Waals surface area contributed by atoms with Gasteiger partial charge in [-0.05, 0) is 75.7 Å². The number of hydrogen-bond donors (Lipinski definition) is 1. The van der Waals surface area contributed by atoms with Gasteiger partial charge in [0, 0.05) is 24.1 Å². The van der Waals surface area contributed by atoms with Crippen LogP contribution >= 0.6 is 0 Å². The molecule has 2 aromatic carbocycles. The predicted molar refractivity (Wildman–Crippen MR) is 136 cm³/mol. The van der Waals surface area contributed by atoms with Crippen molar-refractivity contribution in [3.8, 4) is 11.5 Å². The molecule has 2 aliphatic rings. The molecular weight excluding hydrogens is 444 g/mol. The van der Waals surface area contributed by atoms with Gasteiger partial charge in [0.1, 0.15) is 0 Å². The molecule has 0 aromatic heterocycles. The second-order valence-electron chi connectivity index (χ2n) is 9.26. The number of benzene rings is 2. The third kappa shape index (κ3) is 6.60. The van der Waals surface area contributed by atoms with Gasteiger partial charge < -0.3 is 14.8 Å². The fraction of sp³-hybridized carbons (Fsp3) is 0.444. The molecule has 0 aliphatic carbocycles. The van der Waals surface area contributed by atoms with Crippen LogP contribution in [0.5, 0.6) is 11.5 Å². The third-order valence-corrected chi connectivity index (χ3v) is 6.10. The number of anilines is 1. The Kier molecular flexibility index (Phi) is 8.02. The van der Waals surface area contributed by atoms with E-state index in [1.165, 1.54) is 5.01 Å². The van der Waals surface area contributed by atoms with E-state index in [0.717, 1.165) is 48.5 Å². The van der Waals surface area contributed by atoms with Crippen LogP contribution in [-0.2, 0) is 16.1 Å². The van der Waals surface area contributed by atoms with E-state index in [1.807, 2.05) is 56.3 Å². The first-order chi connectivity index (χ1) is 16.9. The molecule has 2 amide bonds. The summed E-state index contributed by atoms with van der Waals surface area (Å²) in [6, 6.07) is 13.3. The van der Waals surface area contributed by atoms with Crippen LogP contribution in [0.15, 0.2) is 47.6 Å². The number of nitrogens with zero attached hydrogens (tertiary/aromatic N) is 3. The monoisotopic (exact) mass is 478 g/mol. The van der Waals surface area contributed by atoms with Crippen molar-refractivity contribution in [3.63, 3.8) is 0 Å². The molecule has 0 saturated carbocycles. The molecule has 0 atom stereocenters. The van der Waals surface area contributed by atoms with E-state index >= 15 is 0 Å². The highest BCUT2D eigenvalue weighted by Gasteiger charge is 2.23. The van der Waals surface area contributed by atoms with Crippen molar-refractivity contribution in [1.82, 2.24) is 9.91 Å². The lowest BCUT2D eigenvalue weighted by molar-refractivity contribution is -0.132. The maximum atomic E-state index is 12.6. The van der Waals surface area contributed by atoms with Gasteiger partial charge in [0.25, 0.3) is 0 Å². The molecular formula is C27H34N4O4. The fourth-order valence-corrected chi connectivity index (χ4v) is 4.34. The Balaban J connectivity index is 1.42. The lowest BCUT2D eigenvalue weighted by Crippen LogP contribution is -2.31. The topological polar surface area (TPSA) is 83.5 Å². The molecule has 0 bridgehead atoms. The first-order valence-corrected chi connectivity index (χ1v) is 12.3. The average molecular weight is 479 g/mol. The Morgan fingerprint density at radius 1 is 1.06 bits per heavy atom. The molecule has 2 aromatic rings. The first-order valence-electron chi connectivity index (χ1n) is 12.3. The minimum Gasteiger partial charge on any atom is -0.493 e. The van der Waals surface area contributed by atoms with Crippen molar-refractivity contribution in [1.29, 1.82) is 0 Å². The van der Waals surface area contributed by atoms with Gasteiger partial charge in [-0.1, -0.05) is 12.1 Å². The van der Waals surface area contributed by atoms with E-state index in [9.17, 15) is 9.59 Å². The molecule has 8 nitrogen and oxygen atoms in total. The van der Waals surface area contributed by atoms with Gasteiger partial charge >= 0.3 is 0 Å². The van der Waals surface area contributed by atoms with Crippen LogP contribution in [0.2, 0.25) is 0 Å². The predicted octanol–water partition coefficient (Wildman–Crippen LogP) is 4.04. The minimum atomic E-state index is -0.0103. The zero-order chi connectivity index (χ0) is 24.8. The van der Waals surface area contributed by atoms with Crippen molar-refractivity contribution in [2.45, 2.75) is 52.2 Å². The molecule has 35 heavy (non-hydrogen) atoms. The van der Waals surface area contributed by atoms with Crippen LogP contribution in [0.1, 0.15) is 50.7 Å². The Morgan fingerprint density at radius 2 is 1.80 bits per heavy atom. The van der Waals surface area contributed by atoms with Gasteiger partial charge in [-0.25, -0.2) is 5.01 Å². The van der Waals surface area contributed by atoms with Crippen molar-refractivity contribution in [2.75, 3.05) is 32.1 Å². The summed E-state index contributed by atoms with van der Waals surface area (Å²) in [5.74, 6) is 1.32. The summed E-state index contributed by atoms with van der Waals surface area (Å²) in [5.41, 5.74) is 3.45. The zero-order valence-electron chi connectivity index (χ0n) is 20.8. The lowest BCUT2D eigenvalue weighted by Gasteiger charge is -2.24. The summed E-state index contributed by atoms with van der Waals surface area (Å²) < 4.78 is 11.3. The van der Waals surface area contributed by atoms with Gasteiger partial charge in [0.05, 0.1) is 32.0 Å². The molecule has 8 heteroatoms. The smallest absolute Gasteiger partial charge is 0.243 e. The average Bonchev–Trinajstić information content (AvgIpc) is 3.34. The highest BCUT2D eigenvalue weighted by atomic mass is 16.5. The number of carbonyl (C=O) groups is 2. The van der Waals surface area contributed by atoms with Gasteiger partial charge in [-0.2, -0.15) is 5.10 Å². The Bertz CT molecular complexity index is 1080. The molecule has 2 heterocycles. The van der Waals surface area contributed by atoms with Crippen LogP contribution in [0.4, 0.5) is 5.69 Å². The standard InChI is InChI=1S/C27H34N4O4/c1-19(2)35-25-16-21(8-12-24(25)34-3)23-11-13-27(33)31(29-23)17-20-6-9-22(10-7-20)28-26(32)18-30-14-4-5-15-30/h6-10,12,16,19H,4-5,11,13-15,17-18H2,1-3H3,(H,28,32). The van der Waals surface area contributed by atoms with Gasteiger partial charge in [0.15, 0.2) is 11.5 Å². The molecule has 2 aliphatic heterocycles. The fourth-order valence-electron chi connectivity index (χ4n) is 4.34. The molecule has 1 fully saturated rings. The van der Waals surface area contributed by atoms with Crippen LogP contribution in [0.3, 0.4) is 0 Å². The summed E-state index contributed by atoms with van der Waals surface area (Å²) in [4.78, 5) is 27.0. The quantitative estimate of drug-likeness (QED) is 0.588. The lowest BCUT2D eigenvalue weighted by atomic mass is 10.0. The number of methoxy groups -OCH3 is 1. The number of amides is 2. The number of nitrogens with one attached hydrogen (secondary N) is 1. The van der Waals surface area contributed by atoms with E-state index in [2.05, 4.69) is 15.3 Å². The normalized spacial score (nSPS) is 16.4. The number of ether oxygens (including phenoxy) is 2. The van der Waals surface area contributed by atoms with Crippen LogP contribution < -0.4 is 14.8 Å². The SMILES string of the molecule is COc1ccc(C2=NN(Cc3ccc(NC(=O)CN4CCCC4)cc3)C(=O)CC2)cc1OC(C)C. The molecule has 0 radical (unpaired) electrons. The number of rotatable bonds is 9. The van der Waals surface area contributed by atoms with E-state index in [4.69, 9.17) is 9.47 Å². The maximum Gasteiger partial charge on any atom is 0.243 e. The molecule has 0 spiro atoms. The van der Waals surface area contributed by atoms with Crippen molar-refractivity contribution in [3.05, 3.63) is 53.6 Å². The number of hydrogen-bond acceptors (Lipinski definition) is 6. The van der Waals surface area contributed by atoms with E-state index in [0.29, 0.717) is 37.4 Å². The van der Waals surface area contributed by atoms with Crippen LogP contribution in [0.25, 0.3) is 0 Å². The van der Waals surface area contributed by atoms with Crippen molar-refractivity contribution in [2.24, 2.45) is 5.10 Å². The van der Waals surface area contributed by atoms with Gasteiger partial charge in [-0.15, -0.1) is 0 Å². The highest BCUT2D eigenvalue weighted by molar-refractivity contribution is 6.04. The highest BCUT2D eigenvalue weighted by Crippen LogP contribution is 2.30. The molecule has 4 rings (SSSR count). The Hall–Kier alpha value is -3.39. The number of carbonyl (C=O) groups excluding carboxylic acids is 2. The van der Waals surface area contributed by atoms with Crippen molar-refractivity contribution >= 4 is 23.2 Å². The Morgan fingerprint density at radius 3 is 2.49 bits per heavy atom. The van der Waals surface area contributed by atoms with Crippen LogP contribution in [0, 0.1) is 0 Å². The summed E-state index contributed by atoms with van der Waals surface area (Å²) in [5, 5.41) is 9.14. The summed E-state index contributed by atoms with van der Waals surface area (Å²) >= 11 is 0. The molecule has 0 unspecified atom stereocenters. The summed E-state index contributed by atoms with van der Waals surface area (Å²) in [6.07, 6.45) is 3.30. The largest absolute Gasteiger partial charge is 0.493 e. The second kappa shape index (κ2) is 11.4. The molecule has 1 N–H and O–H groups in total. The maximum absolute atomic E-state index is 12.6. The third-order valence-electron chi connectivity index (χ3n) is 6.10. The summed E-state index contributed by atoms with van der Waals surface area (Å²) in [6.45, 7) is 6.71. The van der Waals surface area contributed by atoms with Gasteiger partial charge in [0.2, 0.25) is 11.8 Å². The van der Waals surface area contributed by atoms with Gasteiger partial charge in [-0.3, -0.25) is 14.5 Å². The van der Waals surface area contributed by atoms with E-state index in [1.54, 1.807) is 7.11 Å². The van der Waals surface area contributed by atoms with Crippen LogP contribution in [-0.4, -0.2) is 60.3 Å². The van der Waals surface area contributed by atoms with Crippen molar-refractivity contribution < 1.29 is 19.1 Å². The Labute approximate surface area is 206 Å². The summed E-state index contributed by atoms with van der Waals surface area (Å²) in [7, 11) is 1.62.